The van der Waals surface area contributed by atoms with Gasteiger partial charge in [-0.1, -0.05) is 43.7 Å². The van der Waals surface area contributed by atoms with E-state index >= 15 is 0 Å². The van der Waals surface area contributed by atoms with Gasteiger partial charge in [-0.25, -0.2) is 9.86 Å². The van der Waals surface area contributed by atoms with Crippen molar-refractivity contribution >= 4 is 11.7 Å². The molecule has 1 heterocycles. The summed E-state index contributed by atoms with van der Waals surface area (Å²) in [5.41, 5.74) is 4.43. The predicted octanol–water partition coefficient (Wildman–Crippen LogP) is 3.98. The fourth-order valence-corrected chi connectivity index (χ4v) is 3.42. The first-order valence-corrected chi connectivity index (χ1v) is 9.32. The van der Waals surface area contributed by atoms with Gasteiger partial charge in [0.25, 0.3) is 0 Å². The summed E-state index contributed by atoms with van der Waals surface area (Å²) in [6, 6.07) is 12.7. The van der Waals surface area contributed by atoms with Crippen molar-refractivity contribution in [1.82, 2.24) is 0 Å². The quantitative estimate of drug-likeness (QED) is 0.546. The van der Waals surface area contributed by atoms with Crippen molar-refractivity contribution in [2.45, 2.75) is 45.6 Å². The third-order valence-corrected chi connectivity index (χ3v) is 4.84. The Bertz CT molecular complexity index is 850. The van der Waals surface area contributed by atoms with Crippen LogP contribution in [0.5, 0.6) is 0 Å². The fourth-order valence-electron chi connectivity index (χ4n) is 3.42. The Hall–Kier alpha value is -2.89. The second-order valence-electron chi connectivity index (χ2n) is 6.94. The summed E-state index contributed by atoms with van der Waals surface area (Å²) >= 11 is 0. The van der Waals surface area contributed by atoms with E-state index in [1.165, 1.54) is 0 Å². The third kappa shape index (κ3) is 4.27. The Labute approximate surface area is 158 Å². The maximum atomic E-state index is 12.7. The van der Waals surface area contributed by atoms with E-state index in [2.05, 4.69) is 6.92 Å². The van der Waals surface area contributed by atoms with E-state index in [1.54, 1.807) is 18.1 Å². The number of anilines is 1. The number of carbonyl (C=O) groups is 1. The average Bonchev–Trinajstić information content (AvgIpc) is 3.04. The van der Waals surface area contributed by atoms with Gasteiger partial charge < -0.3 is 4.84 Å². The van der Waals surface area contributed by atoms with Gasteiger partial charge in [-0.05, 0) is 41.7 Å². The molecule has 1 aliphatic rings. The van der Waals surface area contributed by atoms with Crippen molar-refractivity contribution in [2.75, 3.05) is 11.6 Å². The molecule has 2 aromatic carbocycles. The molecule has 0 saturated carbocycles. The molecule has 0 spiro atoms. The van der Waals surface area contributed by atoms with Crippen LogP contribution < -0.4 is 5.06 Å². The molecule has 27 heavy (non-hydrogen) atoms. The van der Waals surface area contributed by atoms with Crippen LogP contribution in [-0.2, 0) is 24.1 Å². The Morgan fingerprint density at radius 2 is 2.07 bits per heavy atom. The number of hydroxylamine groups is 1. The molecule has 0 amide bonds. The summed E-state index contributed by atoms with van der Waals surface area (Å²) in [7, 11) is 0. The van der Waals surface area contributed by atoms with E-state index in [9.17, 15) is 14.9 Å². The number of rotatable bonds is 7. The van der Waals surface area contributed by atoms with Crippen LogP contribution in [0.3, 0.4) is 0 Å². The molecule has 0 aromatic heterocycles. The summed E-state index contributed by atoms with van der Waals surface area (Å²) in [5.74, 6) is -0.349. The van der Waals surface area contributed by atoms with E-state index in [0.29, 0.717) is 18.5 Å². The van der Waals surface area contributed by atoms with Gasteiger partial charge in [0.2, 0.25) is 6.04 Å². The number of hydrogen-bond acceptors (Lipinski definition) is 5. The molecular weight excluding hydrogens is 344 g/mol. The summed E-state index contributed by atoms with van der Waals surface area (Å²) in [6.07, 6.45) is 2.94. The average molecular weight is 368 g/mol. The van der Waals surface area contributed by atoms with Gasteiger partial charge in [0.1, 0.15) is 0 Å². The molecule has 0 radical (unpaired) electrons. The molecule has 6 heteroatoms. The number of carbonyl (C=O) groups excluding carboxylic acids is 1. The summed E-state index contributed by atoms with van der Waals surface area (Å²) in [5, 5.41) is 12.5. The van der Waals surface area contributed by atoms with E-state index in [4.69, 9.17) is 4.84 Å². The van der Waals surface area contributed by atoms with Gasteiger partial charge in [-0.3, -0.25) is 10.1 Å². The standard InChI is InChI=1S/C21H24N2O4/c1-3-6-17-7-4-5-8-19(17)21(24)27-22-12-11-18-14-16(9-10-20(18)22)13-15(2)23(25)26/h4-5,7-10,14-15H,3,6,11-13H2,1-2H3. The molecule has 1 atom stereocenters. The van der Waals surface area contributed by atoms with Gasteiger partial charge in [0, 0.05) is 18.3 Å². The molecule has 142 valence electrons. The highest BCUT2D eigenvalue weighted by Gasteiger charge is 2.25. The molecule has 3 rings (SSSR count). The molecule has 0 N–H and O–H groups in total. The zero-order chi connectivity index (χ0) is 19.4. The zero-order valence-electron chi connectivity index (χ0n) is 15.7. The Morgan fingerprint density at radius 1 is 1.30 bits per heavy atom. The van der Waals surface area contributed by atoms with Crippen molar-refractivity contribution in [2.24, 2.45) is 0 Å². The molecular formula is C21H24N2O4. The molecule has 0 saturated heterocycles. The minimum atomic E-state index is -0.617. The zero-order valence-corrected chi connectivity index (χ0v) is 15.7. The van der Waals surface area contributed by atoms with E-state index in [0.717, 1.165) is 41.6 Å². The molecule has 1 unspecified atom stereocenters. The molecule has 2 aromatic rings. The number of benzene rings is 2. The molecule has 0 aliphatic carbocycles. The van der Waals surface area contributed by atoms with Crippen LogP contribution in [0.25, 0.3) is 0 Å². The van der Waals surface area contributed by atoms with E-state index < -0.39 is 6.04 Å². The summed E-state index contributed by atoms with van der Waals surface area (Å²) in [6.45, 7) is 4.27. The Balaban J connectivity index is 1.73. The lowest BCUT2D eigenvalue weighted by Crippen LogP contribution is -2.25. The number of hydrogen-bond donors (Lipinski definition) is 0. The highest BCUT2D eigenvalue weighted by Crippen LogP contribution is 2.30. The summed E-state index contributed by atoms with van der Waals surface area (Å²) in [4.78, 5) is 28.9. The van der Waals surface area contributed by atoms with Crippen LogP contribution in [0.1, 0.15) is 47.3 Å². The van der Waals surface area contributed by atoms with Crippen molar-refractivity contribution < 1.29 is 14.6 Å². The highest BCUT2D eigenvalue weighted by molar-refractivity contribution is 5.91. The normalized spacial score (nSPS) is 13.9. The van der Waals surface area contributed by atoms with Crippen LogP contribution in [0, 0.1) is 10.1 Å². The van der Waals surface area contributed by atoms with Gasteiger partial charge in [-0.2, -0.15) is 0 Å². The van der Waals surface area contributed by atoms with Crippen LogP contribution >= 0.6 is 0 Å². The van der Waals surface area contributed by atoms with Crippen molar-refractivity contribution in [3.63, 3.8) is 0 Å². The lowest BCUT2D eigenvalue weighted by Gasteiger charge is -2.19. The molecule has 0 fully saturated rings. The first kappa shape index (κ1) is 18.9. The maximum absolute atomic E-state index is 12.7. The smallest absolute Gasteiger partial charge is 0.335 e. The lowest BCUT2D eigenvalue weighted by molar-refractivity contribution is -0.517. The SMILES string of the molecule is CCCc1ccccc1C(=O)ON1CCc2cc(CC(C)[N+](=O)[O-])ccc21. The van der Waals surface area contributed by atoms with Crippen LogP contribution in [0.2, 0.25) is 0 Å². The number of fused-ring (bicyclic) bond motifs is 1. The lowest BCUT2D eigenvalue weighted by atomic mass is 10.0. The Morgan fingerprint density at radius 3 is 2.81 bits per heavy atom. The molecule has 6 nitrogen and oxygen atoms in total. The fraction of sp³-hybridized carbons (Fsp3) is 0.381. The maximum Gasteiger partial charge on any atom is 0.363 e. The van der Waals surface area contributed by atoms with Gasteiger partial charge in [0.05, 0.1) is 17.8 Å². The van der Waals surface area contributed by atoms with Gasteiger partial charge in [-0.15, -0.1) is 0 Å². The monoisotopic (exact) mass is 368 g/mol. The van der Waals surface area contributed by atoms with Crippen LogP contribution in [0.4, 0.5) is 5.69 Å². The molecule has 0 bridgehead atoms. The van der Waals surface area contributed by atoms with E-state index in [-0.39, 0.29) is 10.9 Å². The predicted molar refractivity (Wildman–Crippen MR) is 104 cm³/mol. The largest absolute Gasteiger partial charge is 0.363 e. The number of aryl methyl sites for hydroxylation is 1. The van der Waals surface area contributed by atoms with Crippen molar-refractivity contribution in [3.8, 4) is 0 Å². The second kappa shape index (κ2) is 8.20. The number of nitro groups is 1. The van der Waals surface area contributed by atoms with Crippen LogP contribution in [-0.4, -0.2) is 23.5 Å². The van der Waals surface area contributed by atoms with Crippen molar-refractivity contribution in [3.05, 3.63) is 74.8 Å². The van der Waals surface area contributed by atoms with Crippen LogP contribution in [0.15, 0.2) is 42.5 Å². The number of nitrogens with zero attached hydrogens (tertiary/aromatic N) is 2. The topological polar surface area (TPSA) is 72.7 Å². The minimum Gasteiger partial charge on any atom is -0.335 e. The Kier molecular flexibility index (Phi) is 5.74. The highest BCUT2D eigenvalue weighted by atomic mass is 16.7. The first-order chi connectivity index (χ1) is 13.0. The minimum absolute atomic E-state index is 0.269. The van der Waals surface area contributed by atoms with E-state index in [1.807, 2.05) is 36.4 Å². The third-order valence-electron chi connectivity index (χ3n) is 4.84. The summed E-state index contributed by atoms with van der Waals surface area (Å²) < 4.78 is 0. The second-order valence-corrected chi connectivity index (χ2v) is 6.94. The first-order valence-electron chi connectivity index (χ1n) is 9.32. The van der Waals surface area contributed by atoms with Gasteiger partial charge >= 0.3 is 5.97 Å². The van der Waals surface area contributed by atoms with Gasteiger partial charge in [0.15, 0.2) is 0 Å². The van der Waals surface area contributed by atoms with Crippen molar-refractivity contribution in [1.29, 1.82) is 0 Å². The molecule has 1 aliphatic heterocycles.